The molecule has 0 amide bonds. The van der Waals surface area contributed by atoms with Gasteiger partial charge in [0.15, 0.2) is 7.83 Å². The van der Waals surface area contributed by atoms with E-state index in [1.165, 1.54) is 70.6 Å². The van der Waals surface area contributed by atoms with Crippen molar-refractivity contribution in [1.29, 1.82) is 0 Å². The zero-order valence-electron chi connectivity index (χ0n) is 15.9. The Hall–Kier alpha value is 0.394. The van der Waals surface area contributed by atoms with E-state index in [-0.39, 0.29) is 0 Å². The fourth-order valence-corrected chi connectivity index (χ4v) is 5.00. The van der Waals surface area contributed by atoms with Crippen LogP contribution in [-0.2, 0) is 4.43 Å². The molecule has 3 heteroatoms. The Morgan fingerprint density at radius 1 is 0.571 bits per heavy atom. The molecular weight excluding hydrogens is 288 g/mol. The first-order valence-electron chi connectivity index (χ1n) is 9.45. The van der Waals surface area contributed by atoms with Crippen LogP contribution in [0.3, 0.4) is 0 Å². The fourth-order valence-electron chi connectivity index (χ4n) is 2.31. The summed E-state index contributed by atoms with van der Waals surface area (Å²) >= 11 is 0. The summed E-state index contributed by atoms with van der Waals surface area (Å²) in [4.78, 5) is 0. The van der Waals surface area contributed by atoms with Crippen molar-refractivity contribution in [2.45, 2.75) is 110 Å². The molecule has 128 valence electrons. The van der Waals surface area contributed by atoms with Gasteiger partial charge in [0.2, 0.25) is 0 Å². The zero-order chi connectivity index (χ0) is 16.2. The molecule has 0 N–H and O–H groups in total. The van der Waals surface area contributed by atoms with E-state index in [2.05, 4.69) is 39.7 Å². The zero-order valence-corrected chi connectivity index (χ0v) is 17.9. The van der Waals surface area contributed by atoms with Crippen LogP contribution in [-0.4, -0.2) is 22.0 Å². The van der Waals surface area contributed by atoms with E-state index in [0.717, 1.165) is 6.61 Å². The first-order chi connectivity index (χ1) is 9.81. The lowest BCUT2D eigenvalue weighted by Crippen LogP contribution is -2.54. The molecule has 0 fully saturated rings. The summed E-state index contributed by atoms with van der Waals surface area (Å²) < 4.78 is 6.28. The van der Waals surface area contributed by atoms with Crippen LogP contribution in [0, 0.1) is 0 Å². The maximum atomic E-state index is 6.28. The molecule has 0 heterocycles. The third-order valence-corrected chi connectivity index (χ3v) is 20.8. The highest BCUT2D eigenvalue weighted by atomic mass is 29.3. The van der Waals surface area contributed by atoms with Gasteiger partial charge in [-0.15, -0.1) is 0 Å². The Kier molecular flexibility index (Phi) is 12.1. The summed E-state index contributed by atoms with van der Waals surface area (Å²) in [6, 6.07) is 0. The number of rotatable bonds is 14. The second-order valence-corrected chi connectivity index (χ2v) is 24.1. The molecule has 0 aliphatic rings. The van der Waals surface area contributed by atoms with Gasteiger partial charge < -0.3 is 4.43 Å². The summed E-state index contributed by atoms with van der Waals surface area (Å²) in [7, 11) is -2.43. The molecule has 0 radical (unpaired) electrons. The summed E-state index contributed by atoms with van der Waals surface area (Å²) in [5, 5.41) is 0. The molecule has 0 saturated heterocycles. The molecule has 0 aromatic carbocycles. The highest BCUT2D eigenvalue weighted by molar-refractivity contribution is 7.37. The average molecular weight is 331 g/mol. The maximum absolute atomic E-state index is 6.28. The lowest BCUT2D eigenvalue weighted by molar-refractivity contribution is 0.304. The normalized spacial score (nSPS) is 12.9. The van der Waals surface area contributed by atoms with Crippen LogP contribution in [0.15, 0.2) is 0 Å². The minimum absolute atomic E-state index is 1.01. The maximum Gasteiger partial charge on any atom is 0.173 e. The molecule has 21 heavy (non-hydrogen) atoms. The lowest BCUT2D eigenvalue weighted by Gasteiger charge is -2.34. The predicted octanol–water partition coefficient (Wildman–Crippen LogP) is 6.94. The van der Waals surface area contributed by atoms with Gasteiger partial charge in [0, 0.05) is 6.61 Å². The van der Waals surface area contributed by atoms with Gasteiger partial charge in [0.05, 0.1) is 7.59 Å². The van der Waals surface area contributed by atoms with Crippen molar-refractivity contribution in [3.05, 3.63) is 0 Å². The van der Waals surface area contributed by atoms with Gasteiger partial charge in [-0.1, -0.05) is 90.8 Å². The SMILES string of the molecule is CCCCCCCCCCCCCO[Si](C)(C)[Si](C)(C)C. The van der Waals surface area contributed by atoms with E-state index in [1.54, 1.807) is 0 Å². The van der Waals surface area contributed by atoms with Crippen molar-refractivity contribution < 1.29 is 4.43 Å². The van der Waals surface area contributed by atoms with Crippen LogP contribution in [0.4, 0.5) is 0 Å². The Balaban J connectivity index is 3.30. The van der Waals surface area contributed by atoms with Crippen LogP contribution in [0.1, 0.15) is 77.6 Å². The number of hydrogen-bond acceptors (Lipinski definition) is 1. The molecule has 0 saturated carbocycles. The van der Waals surface area contributed by atoms with Crippen molar-refractivity contribution in [2.24, 2.45) is 0 Å². The molecule has 0 aliphatic carbocycles. The first kappa shape index (κ1) is 21.4. The topological polar surface area (TPSA) is 9.23 Å². The monoisotopic (exact) mass is 330 g/mol. The van der Waals surface area contributed by atoms with Gasteiger partial charge >= 0.3 is 0 Å². The van der Waals surface area contributed by atoms with E-state index in [4.69, 9.17) is 4.43 Å². The summed E-state index contributed by atoms with van der Waals surface area (Å²) in [5.41, 5.74) is 0. The summed E-state index contributed by atoms with van der Waals surface area (Å²) in [6.07, 6.45) is 15.5. The first-order valence-corrected chi connectivity index (χ1v) is 16.9. The predicted molar refractivity (Wildman–Crippen MR) is 103 cm³/mol. The number of unbranched alkanes of at least 4 members (excludes halogenated alkanes) is 10. The van der Waals surface area contributed by atoms with Crippen LogP contribution in [0.2, 0.25) is 32.7 Å². The van der Waals surface area contributed by atoms with Gasteiger partial charge in [-0.05, 0) is 19.5 Å². The Morgan fingerprint density at radius 3 is 1.33 bits per heavy atom. The average Bonchev–Trinajstić information content (AvgIpc) is 2.38. The lowest BCUT2D eigenvalue weighted by atomic mass is 10.1. The van der Waals surface area contributed by atoms with E-state index < -0.39 is 15.4 Å². The fraction of sp³-hybridized carbons (Fsp3) is 1.00. The third-order valence-electron chi connectivity index (χ3n) is 5.02. The molecular formula is C18H42OSi2. The molecule has 0 rings (SSSR count). The van der Waals surface area contributed by atoms with Crippen LogP contribution < -0.4 is 0 Å². The molecule has 0 aromatic heterocycles. The standard InChI is InChI=1S/C18H42OSi2/c1-7-8-9-10-11-12-13-14-15-16-17-18-19-21(5,6)20(2,3)4/h7-18H2,1-6H3. The Morgan fingerprint density at radius 2 is 0.952 bits per heavy atom. The molecule has 0 unspecified atom stereocenters. The molecule has 0 atom stereocenters. The molecule has 0 spiro atoms. The van der Waals surface area contributed by atoms with Crippen molar-refractivity contribution in [3.8, 4) is 0 Å². The van der Waals surface area contributed by atoms with Gasteiger partial charge in [-0.3, -0.25) is 0 Å². The Labute approximate surface area is 137 Å². The van der Waals surface area contributed by atoms with E-state index in [0.29, 0.717) is 0 Å². The van der Waals surface area contributed by atoms with Crippen molar-refractivity contribution in [3.63, 3.8) is 0 Å². The van der Waals surface area contributed by atoms with Crippen molar-refractivity contribution >= 4 is 15.4 Å². The Bertz CT molecular complexity index is 234. The van der Waals surface area contributed by atoms with E-state index >= 15 is 0 Å². The van der Waals surface area contributed by atoms with Gasteiger partial charge in [-0.25, -0.2) is 0 Å². The summed E-state index contributed by atoms with van der Waals surface area (Å²) in [5.74, 6) is 0. The second-order valence-electron chi connectivity index (χ2n) is 8.14. The molecule has 0 bridgehead atoms. The number of hydrogen-bond donors (Lipinski definition) is 0. The molecule has 0 aromatic rings. The van der Waals surface area contributed by atoms with Crippen LogP contribution in [0.25, 0.3) is 0 Å². The van der Waals surface area contributed by atoms with E-state index in [9.17, 15) is 0 Å². The minimum atomic E-state index is -1.36. The third kappa shape index (κ3) is 11.6. The second kappa shape index (κ2) is 11.9. The van der Waals surface area contributed by atoms with Crippen LogP contribution >= 0.6 is 0 Å². The quantitative estimate of drug-likeness (QED) is 0.248. The van der Waals surface area contributed by atoms with Crippen molar-refractivity contribution in [2.75, 3.05) is 6.61 Å². The highest BCUT2D eigenvalue weighted by Crippen LogP contribution is 2.20. The van der Waals surface area contributed by atoms with Gasteiger partial charge in [-0.2, -0.15) is 0 Å². The largest absolute Gasteiger partial charge is 0.420 e. The minimum Gasteiger partial charge on any atom is -0.420 e. The highest BCUT2D eigenvalue weighted by Gasteiger charge is 2.38. The van der Waals surface area contributed by atoms with Gasteiger partial charge in [0.1, 0.15) is 0 Å². The molecule has 1 nitrogen and oxygen atoms in total. The van der Waals surface area contributed by atoms with Crippen molar-refractivity contribution in [1.82, 2.24) is 0 Å². The van der Waals surface area contributed by atoms with Crippen LogP contribution in [0.5, 0.6) is 0 Å². The van der Waals surface area contributed by atoms with Gasteiger partial charge in [0.25, 0.3) is 0 Å². The van der Waals surface area contributed by atoms with E-state index in [1.807, 2.05) is 0 Å². The smallest absolute Gasteiger partial charge is 0.173 e. The summed E-state index contributed by atoms with van der Waals surface area (Å²) in [6.45, 7) is 15.5. The molecule has 0 aliphatic heterocycles.